The lowest BCUT2D eigenvalue weighted by molar-refractivity contribution is -0.163. The molecule has 1 rings (SSSR count). The first-order chi connectivity index (χ1) is 6.50. The molecule has 0 saturated heterocycles. The van der Waals surface area contributed by atoms with Crippen molar-refractivity contribution in [3.63, 3.8) is 0 Å². The van der Waals surface area contributed by atoms with E-state index in [4.69, 9.17) is 0 Å². The van der Waals surface area contributed by atoms with Crippen molar-refractivity contribution in [2.45, 2.75) is 13.3 Å². The number of Topliss-reactive ketones (excluding diaryl/α,β-unsaturated/α-hetero) is 1. The van der Waals surface area contributed by atoms with Crippen LogP contribution in [0.25, 0.3) is 0 Å². The number of rotatable bonds is 3. The van der Waals surface area contributed by atoms with Gasteiger partial charge in [0.15, 0.2) is 5.41 Å². The van der Waals surface area contributed by atoms with Crippen LogP contribution in [0.15, 0.2) is 0 Å². The molecule has 14 heavy (non-hydrogen) atoms. The number of esters is 2. The molecule has 78 valence electrons. The first-order valence-corrected chi connectivity index (χ1v) is 4.18. The zero-order valence-corrected chi connectivity index (χ0v) is 8.33. The Balaban J connectivity index is 2.91. The van der Waals surface area contributed by atoms with Crippen LogP contribution in [0.5, 0.6) is 0 Å². The second-order valence-corrected chi connectivity index (χ2v) is 3.32. The zero-order chi connectivity index (χ0) is 10.9. The summed E-state index contributed by atoms with van der Waals surface area (Å²) in [4.78, 5) is 33.7. The van der Waals surface area contributed by atoms with Gasteiger partial charge in [-0.05, 0) is 13.3 Å². The van der Waals surface area contributed by atoms with Gasteiger partial charge in [0, 0.05) is 5.92 Å². The van der Waals surface area contributed by atoms with E-state index < -0.39 is 23.3 Å². The van der Waals surface area contributed by atoms with Gasteiger partial charge in [0.05, 0.1) is 14.2 Å². The third kappa shape index (κ3) is 1.29. The smallest absolute Gasteiger partial charge is 0.323 e. The molecule has 1 saturated carbocycles. The van der Waals surface area contributed by atoms with E-state index >= 15 is 0 Å². The van der Waals surface area contributed by atoms with Gasteiger partial charge in [0.2, 0.25) is 0 Å². The average Bonchev–Trinajstić information content (AvgIpc) is 2.91. The van der Waals surface area contributed by atoms with E-state index in [9.17, 15) is 14.4 Å². The molecule has 5 nitrogen and oxygen atoms in total. The van der Waals surface area contributed by atoms with E-state index in [1.54, 1.807) is 0 Å². The molecule has 0 radical (unpaired) electrons. The van der Waals surface area contributed by atoms with E-state index in [1.165, 1.54) is 21.1 Å². The Hall–Kier alpha value is -1.39. The lowest BCUT2D eigenvalue weighted by Gasteiger charge is -2.10. The quantitative estimate of drug-likeness (QED) is 0.471. The summed E-state index contributed by atoms with van der Waals surface area (Å²) in [5.74, 6) is -2.16. The number of ether oxygens (including phenoxy) is 2. The predicted molar refractivity (Wildman–Crippen MR) is 45.3 cm³/mol. The molecule has 0 aromatic carbocycles. The molecule has 0 heterocycles. The van der Waals surface area contributed by atoms with Crippen molar-refractivity contribution in [1.29, 1.82) is 0 Å². The van der Waals surface area contributed by atoms with Crippen LogP contribution in [-0.4, -0.2) is 31.9 Å². The van der Waals surface area contributed by atoms with Gasteiger partial charge in [-0.3, -0.25) is 14.4 Å². The first kappa shape index (κ1) is 10.7. The molecule has 0 bridgehead atoms. The second-order valence-electron chi connectivity index (χ2n) is 3.32. The molecule has 0 aliphatic heterocycles. The standard InChI is InChI=1S/C9H12O5/c1-5(10)6-4-9(6,7(11)13-2)8(12)14-3/h6H,4H2,1-3H3. The molecule has 0 aromatic rings. The lowest BCUT2D eigenvalue weighted by Crippen LogP contribution is -2.31. The van der Waals surface area contributed by atoms with Crippen LogP contribution in [-0.2, 0) is 23.9 Å². The average molecular weight is 200 g/mol. The molecular formula is C9H12O5. The number of carbonyl (C=O) groups excluding carboxylic acids is 3. The van der Waals surface area contributed by atoms with Gasteiger partial charge in [0.25, 0.3) is 0 Å². The highest BCUT2D eigenvalue weighted by molar-refractivity contribution is 6.09. The van der Waals surface area contributed by atoms with E-state index in [0.717, 1.165) is 0 Å². The lowest BCUT2D eigenvalue weighted by atomic mass is 10.0. The molecule has 1 aliphatic carbocycles. The monoisotopic (exact) mass is 200 g/mol. The fraction of sp³-hybridized carbons (Fsp3) is 0.667. The Kier molecular flexibility index (Phi) is 2.59. The van der Waals surface area contributed by atoms with Gasteiger partial charge >= 0.3 is 11.9 Å². The van der Waals surface area contributed by atoms with Crippen LogP contribution >= 0.6 is 0 Å². The molecule has 1 unspecified atom stereocenters. The predicted octanol–water partition coefficient (Wildman–Crippen LogP) is -0.0723. The minimum atomic E-state index is -1.37. The van der Waals surface area contributed by atoms with Gasteiger partial charge in [0.1, 0.15) is 5.78 Å². The van der Waals surface area contributed by atoms with Crippen LogP contribution < -0.4 is 0 Å². The number of ketones is 1. The molecule has 0 N–H and O–H groups in total. The Bertz CT molecular complexity index is 278. The third-order valence-electron chi connectivity index (χ3n) is 2.55. The van der Waals surface area contributed by atoms with Crippen molar-refractivity contribution >= 4 is 17.7 Å². The van der Waals surface area contributed by atoms with E-state index in [0.29, 0.717) is 0 Å². The van der Waals surface area contributed by atoms with Crippen LogP contribution in [0.2, 0.25) is 0 Å². The topological polar surface area (TPSA) is 69.7 Å². The second kappa shape index (κ2) is 3.40. The molecule has 0 aromatic heterocycles. The fourth-order valence-electron chi connectivity index (χ4n) is 1.65. The molecule has 0 spiro atoms. The Morgan fingerprint density at radius 1 is 1.14 bits per heavy atom. The van der Waals surface area contributed by atoms with E-state index in [2.05, 4.69) is 9.47 Å². The minimum absolute atomic E-state index is 0.194. The molecule has 5 heteroatoms. The minimum Gasteiger partial charge on any atom is -0.468 e. The largest absolute Gasteiger partial charge is 0.468 e. The van der Waals surface area contributed by atoms with E-state index in [1.807, 2.05) is 0 Å². The molecule has 1 atom stereocenters. The van der Waals surface area contributed by atoms with Gasteiger partial charge in [-0.1, -0.05) is 0 Å². The van der Waals surface area contributed by atoms with Crippen molar-refractivity contribution < 1.29 is 23.9 Å². The zero-order valence-electron chi connectivity index (χ0n) is 8.33. The van der Waals surface area contributed by atoms with Crippen molar-refractivity contribution in [3.8, 4) is 0 Å². The summed E-state index contributed by atoms with van der Waals surface area (Å²) in [6.45, 7) is 1.35. The molecule has 1 aliphatic rings. The molecule has 1 fully saturated rings. The van der Waals surface area contributed by atoms with Crippen LogP contribution in [0.4, 0.5) is 0 Å². The van der Waals surface area contributed by atoms with Crippen LogP contribution in [0, 0.1) is 11.3 Å². The van der Waals surface area contributed by atoms with E-state index in [-0.39, 0.29) is 12.2 Å². The SMILES string of the molecule is COC(=O)C1(C(=O)OC)CC1C(C)=O. The summed E-state index contributed by atoms with van der Waals surface area (Å²) in [7, 11) is 2.37. The first-order valence-electron chi connectivity index (χ1n) is 4.18. The highest BCUT2D eigenvalue weighted by Gasteiger charge is 2.69. The molecule has 0 amide bonds. The van der Waals surface area contributed by atoms with Crippen molar-refractivity contribution in [1.82, 2.24) is 0 Å². The summed E-state index contributed by atoms with van der Waals surface area (Å²) in [6, 6.07) is 0. The highest BCUT2D eigenvalue weighted by atomic mass is 16.5. The summed E-state index contributed by atoms with van der Waals surface area (Å²) in [6.07, 6.45) is 0.196. The summed E-state index contributed by atoms with van der Waals surface area (Å²) in [5.41, 5.74) is -1.37. The summed E-state index contributed by atoms with van der Waals surface area (Å²) in [5, 5.41) is 0. The van der Waals surface area contributed by atoms with Crippen molar-refractivity contribution in [2.75, 3.05) is 14.2 Å². The summed E-state index contributed by atoms with van der Waals surface area (Å²) >= 11 is 0. The highest BCUT2D eigenvalue weighted by Crippen LogP contribution is 2.54. The fourth-order valence-corrected chi connectivity index (χ4v) is 1.65. The number of hydrogen-bond donors (Lipinski definition) is 0. The van der Waals surface area contributed by atoms with Gasteiger partial charge < -0.3 is 9.47 Å². The third-order valence-corrected chi connectivity index (χ3v) is 2.55. The van der Waals surface area contributed by atoms with Crippen molar-refractivity contribution in [3.05, 3.63) is 0 Å². The van der Waals surface area contributed by atoms with Crippen LogP contribution in [0.1, 0.15) is 13.3 Å². The number of hydrogen-bond acceptors (Lipinski definition) is 5. The van der Waals surface area contributed by atoms with Crippen LogP contribution in [0.3, 0.4) is 0 Å². The van der Waals surface area contributed by atoms with Gasteiger partial charge in [-0.25, -0.2) is 0 Å². The van der Waals surface area contributed by atoms with Gasteiger partial charge in [-0.2, -0.15) is 0 Å². The Morgan fingerprint density at radius 3 is 1.79 bits per heavy atom. The van der Waals surface area contributed by atoms with Gasteiger partial charge in [-0.15, -0.1) is 0 Å². The maximum absolute atomic E-state index is 11.3. The normalized spacial score (nSPS) is 22.4. The Labute approximate surface area is 81.4 Å². The number of methoxy groups -OCH3 is 2. The Morgan fingerprint density at radius 2 is 1.57 bits per heavy atom. The number of carbonyl (C=O) groups is 3. The molecular weight excluding hydrogens is 188 g/mol. The van der Waals surface area contributed by atoms with Crippen molar-refractivity contribution in [2.24, 2.45) is 11.3 Å². The maximum atomic E-state index is 11.3. The summed E-state index contributed by atoms with van der Waals surface area (Å²) < 4.78 is 8.98. The maximum Gasteiger partial charge on any atom is 0.323 e.